The van der Waals surface area contributed by atoms with Crippen molar-refractivity contribution in [3.8, 4) is 0 Å². The highest BCUT2D eigenvalue weighted by Gasteiger charge is 2.06. The van der Waals surface area contributed by atoms with Crippen LogP contribution in [0.5, 0.6) is 0 Å². The first-order chi connectivity index (χ1) is 5.66. The smallest absolute Gasteiger partial charge is 0.328 e. The lowest BCUT2D eigenvalue weighted by Crippen LogP contribution is -2.38. The van der Waals surface area contributed by atoms with E-state index in [0.717, 1.165) is 4.57 Å². The molecule has 0 saturated carbocycles. The highest BCUT2D eigenvalue weighted by Crippen LogP contribution is 1.91. The van der Waals surface area contributed by atoms with E-state index in [2.05, 4.69) is 4.98 Å². The fourth-order valence-corrected chi connectivity index (χ4v) is 0.957. The van der Waals surface area contributed by atoms with Gasteiger partial charge >= 0.3 is 5.69 Å². The molecule has 3 N–H and O–H groups in total. The summed E-state index contributed by atoms with van der Waals surface area (Å²) in [6, 6.07) is 1.04. The van der Waals surface area contributed by atoms with Gasteiger partial charge in [-0.3, -0.25) is 9.36 Å². The Morgan fingerprint density at radius 2 is 2.33 bits per heavy atom. The molecule has 0 amide bonds. The number of nitrogens with zero attached hydrogens (tertiary/aromatic N) is 1. The minimum Gasteiger partial charge on any atom is -0.328 e. The van der Waals surface area contributed by atoms with E-state index in [4.69, 9.17) is 5.73 Å². The van der Waals surface area contributed by atoms with Crippen LogP contribution in [0.2, 0.25) is 0 Å². The van der Waals surface area contributed by atoms with Crippen molar-refractivity contribution in [2.75, 3.05) is 6.54 Å². The largest absolute Gasteiger partial charge is 0.328 e. The van der Waals surface area contributed by atoms with Gasteiger partial charge in [-0.05, 0) is 6.92 Å². The molecule has 12 heavy (non-hydrogen) atoms. The van der Waals surface area contributed by atoms with Gasteiger partial charge in [-0.25, -0.2) is 4.79 Å². The third-order valence-corrected chi connectivity index (χ3v) is 1.67. The fraction of sp³-hybridized carbons (Fsp3) is 0.429. The number of hydrogen-bond acceptors (Lipinski definition) is 3. The van der Waals surface area contributed by atoms with E-state index in [1.54, 1.807) is 6.92 Å². The third-order valence-electron chi connectivity index (χ3n) is 1.67. The summed E-state index contributed by atoms with van der Waals surface area (Å²) < 4.78 is 1.10. The zero-order chi connectivity index (χ0) is 9.14. The summed E-state index contributed by atoms with van der Waals surface area (Å²) in [5.41, 5.74) is 4.59. The molecule has 1 heterocycles. The van der Waals surface area contributed by atoms with E-state index in [0.29, 0.717) is 0 Å². The van der Waals surface area contributed by atoms with Gasteiger partial charge in [0.25, 0.3) is 5.56 Å². The highest BCUT2D eigenvalue weighted by atomic mass is 16.2. The zero-order valence-corrected chi connectivity index (χ0v) is 6.78. The molecule has 0 aliphatic heterocycles. The molecule has 0 spiro atoms. The molecule has 66 valence electrons. The Morgan fingerprint density at radius 3 is 2.83 bits per heavy atom. The van der Waals surface area contributed by atoms with Crippen molar-refractivity contribution in [3.63, 3.8) is 0 Å². The van der Waals surface area contributed by atoms with Gasteiger partial charge in [-0.2, -0.15) is 0 Å². The first-order valence-electron chi connectivity index (χ1n) is 3.67. The second kappa shape index (κ2) is 3.36. The van der Waals surface area contributed by atoms with Crippen LogP contribution in [0, 0.1) is 0 Å². The lowest BCUT2D eigenvalue weighted by molar-refractivity contribution is 0.513. The van der Waals surface area contributed by atoms with Gasteiger partial charge in [0.2, 0.25) is 0 Å². The normalized spacial score (nSPS) is 12.8. The number of rotatable bonds is 2. The van der Waals surface area contributed by atoms with E-state index < -0.39 is 5.69 Å². The van der Waals surface area contributed by atoms with Gasteiger partial charge < -0.3 is 10.7 Å². The third kappa shape index (κ3) is 1.45. The molecule has 1 atom stereocenters. The number of hydrogen-bond donors (Lipinski definition) is 2. The van der Waals surface area contributed by atoms with Crippen LogP contribution in [0.3, 0.4) is 0 Å². The molecule has 0 saturated heterocycles. The average molecular weight is 169 g/mol. The SMILES string of the molecule is CC(CN)n1c(=O)cc[nH]c1=O. The van der Waals surface area contributed by atoms with Crippen LogP contribution < -0.4 is 17.0 Å². The van der Waals surface area contributed by atoms with Crippen LogP contribution in [0.1, 0.15) is 13.0 Å². The van der Waals surface area contributed by atoms with E-state index in [-0.39, 0.29) is 18.1 Å². The summed E-state index contributed by atoms with van der Waals surface area (Å²) in [6.45, 7) is 1.99. The van der Waals surface area contributed by atoms with Crippen molar-refractivity contribution < 1.29 is 0 Å². The molecule has 0 aliphatic rings. The Balaban J connectivity index is 3.31. The predicted octanol–water partition coefficient (Wildman–Crippen LogP) is -0.944. The van der Waals surface area contributed by atoms with Crippen molar-refractivity contribution in [2.45, 2.75) is 13.0 Å². The molecule has 1 rings (SSSR count). The first-order valence-corrected chi connectivity index (χ1v) is 3.67. The second-order valence-corrected chi connectivity index (χ2v) is 2.58. The molecule has 5 nitrogen and oxygen atoms in total. The molecular formula is C7H11N3O2. The van der Waals surface area contributed by atoms with Gasteiger partial charge in [0.1, 0.15) is 0 Å². The summed E-state index contributed by atoms with van der Waals surface area (Å²) in [6.07, 6.45) is 1.32. The second-order valence-electron chi connectivity index (χ2n) is 2.58. The monoisotopic (exact) mass is 169 g/mol. The van der Waals surface area contributed by atoms with Crippen molar-refractivity contribution in [1.82, 2.24) is 9.55 Å². The highest BCUT2D eigenvalue weighted by molar-refractivity contribution is 4.85. The summed E-state index contributed by atoms with van der Waals surface area (Å²) in [4.78, 5) is 24.6. The molecule has 0 radical (unpaired) electrons. The lowest BCUT2D eigenvalue weighted by atomic mass is 10.3. The van der Waals surface area contributed by atoms with Crippen molar-refractivity contribution >= 4 is 0 Å². The quantitative estimate of drug-likeness (QED) is 0.599. The summed E-state index contributed by atoms with van der Waals surface area (Å²) in [5, 5.41) is 0. The maximum absolute atomic E-state index is 11.1. The molecule has 1 aromatic heterocycles. The van der Waals surface area contributed by atoms with Gasteiger partial charge in [-0.15, -0.1) is 0 Å². The maximum Gasteiger partial charge on any atom is 0.328 e. The Kier molecular flexibility index (Phi) is 2.44. The Hall–Kier alpha value is -1.36. The van der Waals surface area contributed by atoms with E-state index in [1.165, 1.54) is 12.3 Å². The van der Waals surface area contributed by atoms with Crippen molar-refractivity contribution in [2.24, 2.45) is 5.73 Å². The zero-order valence-electron chi connectivity index (χ0n) is 6.78. The summed E-state index contributed by atoms with van der Waals surface area (Å²) in [7, 11) is 0. The fourth-order valence-electron chi connectivity index (χ4n) is 0.957. The number of H-pyrrole nitrogens is 1. The first kappa shape index (κ1) is 8.73. The standard InChI is InChI=1S/C7H11N3O2/c1-5(4-8)10-6(11)2-3-9-7(10)12/h2-3,5H,4,8H2,1H3,(H,9,12). The molecule has 1 aromatic rings. The molecule has 5 heteroatoms. The average Bonchev–Trinajstić information content (AvgIpc) is 2.03. The number of aromatic nitrogens is 2. The van der Waals surface area contributed by atoms with Crippen molar-refractivity contribution in [3.05, 3.63) is 33.1 Å². The van der Waals surface area contributed by atoms with Gasteiger partial charge in [-0.1, -0.05) is 0 Å². The van der Waals surface area contributed by atoms with Gasteiger partial charge in [0, 0.05) is 18.8 Å². The topological polar surface area (TPSA) is 80.9 Å². The van der Waals surface area contributed by atoms with E-state index in [1.807, 2.05) is 0 Å². The molecule has 0 aliphatic carbocycles. The lowest BCUT2D eigenvalue weighted by Gasteiger charge is -2.09. The maximum atomic E-state index is 11.1. The van der Waals surface area contributed by atoms with Gasteiger partial charge in [0.15, 0.2) is 0 Å². The number of aromatic amines is 1. The summed E-state index contributed by atoms with van der Waals surface area (Å²) >= 11 is 0. The Bertz CT molecular complexity index is 337. The minimum atomic E-state index is -0.416. The number of nitrogens with two attached hydrogens (primary N) is 1. The van der Waals surface area contributed by atoms with Gasteiger partial charge in [0.05, 0.1) is 6.04 Å². The van der Waals surface area contributed by atoms with Crippen molar-refractivity contribution in [1.29, 1.82) is 0 Å². The van der Waals surface area contributed by atoms with Crippen LogP contribution in [-0.4, -0.2) is 16.1 Å². The van der Waals surface area contributed by atoms with Crippen LogP contribution in [0.4, 0.5) is 0 Å². The number of nitrogens with one attached hydrogen (secondary N) is 1. The summed E-state index contributed by atoms with van der Waals surface area (Å²) in [5.74, 6) is 0. The minimum absolute atomic E-state index is 0.262. The van der Waals surface area contributed by atoms with Crippen LogP contribution >= 0.6 is 0 Å². The molecule has 1 unspecified atom stereocenters. The molecule has 0 aromatic carbocycles. The molecule has 0 bridgehead atoms. The van der Waals surface area contributed by atoms with Crippen LogP contribution in [-0.2, 0) is 0 Å². The predicted molar refractivity (Wildman–Crippen MR) is 45.1 cm³/mol. The molecule has 0 fully saturated rings. The van der Waals surface area contributed by atoms with Crippen LogP contribution in [0.25, 0.3) is 0 Å². The Morgan fingerprint density at radius 1 is 1.67 bits per heavy atom. The molecular weight excluding hydrogens is 158 g/mol. The van der Waals surface area contributed by atoms with E-state index in [9.17, 15) is 9.59 Å². The van der Waals surface area contributed by atoms with Crippen LogP contribution in [0.15, 0.2) is 21.9 Å². The van der Waals surface area contributed by atoms with E-state index >= 15 is 0 Å². The Labute approximate surface area is 68.8 Å².